The van der Waals surface area contributed by atoms with Gasteiger partial charge in [0.05, 0.1) is 30.1 Å². The molecular formula is C22H26N2O6S. The van der Waals surface area contributed by atoms with Crippen LogP contribution in [0.3, 0.4) is 0 Å². The van der Waals surface area contributed by atoms with Crippen LogP contribution in [0.25, 0.3) is 0 Å². The molecule has 0 saturated carbocycles. The largest absolute Gasteiger partial charge is 0.497 e. The zero-order chi connectivity index (χ0) is 22.4. The molecular weight excluding hydrogens is 420 g/mol. The Kier molecular flexibility index (Phi) is 7.29. The van der Waals surface area contributed by atoms with E-state index >= 15 is 0 Å². The highest BCUT2D eigenvalue weighted by molar-refractivity contribution is 7.89. The SMILES string of the molecule is CCOC(=O)c1cccc(NC(=O)C2CCCN(S(=O)(=O)c3ccc(OC)cc3)C2)c1. The van der Waals surface area contributed by atoms with Crippen molar-refractivity contribution in [2.24, 2.45) is 5.92 Å². The lowest BCUT2D eigenvalue weighted by molar-refractivity contribution is -0.120. The molecule has 0 radical (unpaired) electrons. The Morgan fingerprint density at radius 2 is 1.90 bits per heavy atom. The first-order valence-electron chi connectivity index (χ1n) is 10.1. The fourth-order valence-corrected chi connectivity index (χ4v) is 4.98. The Balaban J connectivity index is 1.69. The van der Waals surface area contributed by atoms with E-state index in [1.165, 1.54) is 23.5 Å². The highest BCUT2D eigenvalue weighted by Crippen LogP contribution is 2.26. The number of ether oxygens (including phenoxy) is 2. The van der Waals surface area contributed by atoms with Crippen LogP contribution in [0.4, 0.5) is 5.69 Å². The Labute approximate surface area is 182 Å². The predicted octanol–water partition coefficient (Wildman–Crippen LogP) is 2.91. The van der Waals surface area contributed by atoms with Gasteiger partial charge >= 0.3 is 5.97 Å². The molecule has 1 saturated heterocycles. The van der Waals surface area contributed by atoms with E-state index in [9.17, 15) is 18.0 Å². The predicted molar refractivity (Wildman–Crippen MR) is 116 cm³/mol. The number of hydrogen-bond acceptors (Lipinski definition) is 6. The third-order valence-electron chi connectivity index (χ3n) is 5.09. The van der Waals surface area contributed by atoms with Gasteiger partial charge in [0.1, 0.15) is 5.75 Å². The van der Waals surface area contributed by atoms with Crippen LogP contribution in [0.15, 0.2) is 53.4 Å². The van der Waals surface area contributed by atoms with Crippen LogP contribution in [-0.4, -0.2) is 51.4 Å². The summed E-state index contributed by atoms with van der Waals surface area (Å²) in [5.74, 6) is -0.670. The molecule has 0 aliphatic carbocycles. The molecule has 1 heterocycles. The van der Waals surface area contributed by atoms with Gasteiger partial charge in [-0.1, -0.05) is 6.07 Å². The minimum absolute atomic E-state index is 0.0950. The van der Waals surface area contributed by atoms with Gasteiger partial charge in [0.25, 0.3) is 0 Å². The number of nitrogens with zero attached hydrogens (tertiary/aromatic N) is 1. The first-order valence-corrected chi connectivity index (χ1v) is 11.5. The summed E-state index contributed by atoms with van der Waals surface area (Å²) in [5.41, 5.74) is 0.803. The van der Waals surface area contributed by atoms with Crippen molar-refractivity contribution in [2.45, 2.75) is 24.7 Å². The monoisotopic (exact) mass is 446 g/mol. The van der Waals surface area contributed by atoms with Gasteiger partial charge < -0.3 is 14.8 Å². The Hall–Kier alpha value is -2.91. The molecule has 8 nitrogen and oxygen atoms in total. The summed E-state index contributed by atoms with van der Waals surface area (Å²) in [6.45, 7) is 2.43. The molecule has 1 amide bonds. The van der Waals surface area contributed by atoms with Crippen LogP contribution in [0.2, 0.25) is 0 Å². The fraction of sp³-hybridized carbons (Fsp3) is 0.364. The van der Waals surface area contributed by atoms with Gasteiger partial charge in [0.15, 0.2) is 0 Å². The number of amides is 1. The molecule has 1 atom stereocenters. The van der Waals surface area contributed by atoms with Crippen molar-refractivity contribution in [3.05, 3.63) is 54.1 Å². The zero-order valence-electron chi connectivity index (χ0n) is 17.5. The molecule has 1 N–H and O–H groups in total. The second-order valence-corrected chi connectivity index (χ2v) is 9.11. The summed E-state index contributed by atoms with van der Waals surface area (Å²) in [7, 11) is -2.20. The number of hydrogen-bond donors (Lipinski definition) is 1. The molecule has 3 rings (SSSR count). The van der Waals surface area contributed by atoms with Crippen LogP contribution in [0.5, 0.6) is 5.75 Å². The summed E-state index contributed by atoms with van der Waals surface area (Å²) in [4.78, 5) is 24.9. The molecule has 166 valence electrons. The lowest BCUT2D eigenvalue weighted by Crippen LogP contribution is -2.43. The number of methoxy groups -OCH3 is 1. The van der Waals surface area contributed by atoms with E-state index in [1.807, 2.05) is 0 Å². The molecule has 0 bridgehead atoms. The number of esters is 1. The van der Waals surface area contributed by atoms with Gasteiger partial charge in [-0.2, -0.15) is 4.31 Å². The second-order valence-electron chi connectivity index (χ2n) is 7.17. The normalized spacial score (nSPS) is 17.0. The quantitative estimate of drug-likeness (QED) is 0.656. The van der Waals surface area contributed by atoms with E-state index in [4.69, 9.17) is 9.47 Å². The van der Waals surface area contributed by atoms with Gasteiger partial charge in [-0.15, -0.1) is 0 Å². The van der Waals surface area contributed by atoms with Crippen LogP contribution in [-0.2, 0) is 19.6 Å². The summed E-state index contributed by atoms with van der Waals surface area (Å²) in [6.07, 6.45) is 1.16. The molecule has 9 heteroatoms. The number of nitrogens with one attached hydrogen (secondary N) is 1. The zero-order valence-corrected chi connectivity index (χ0v) is 18.4. The van der Waals surface area contributed by atoms with E-state index in [2.05, 4.69) is 5.32 Å². The van der Waals surface area contributed by atoms with Crippen molar-refractivity contribution in [1.82, 2.24) is 4.31 Å². The van der Waals surface area contributed by atoms with Gasteiger partial charge in [0, 0.05) is 18.8 Å². The van der Waals surface area contributed by atoms with E-state index in [0.717, 1.165) is 0 Å². The first-order chi connectivity index (χ1) is 14.8. The molecule has 1 unspecified atom stereocenters. The van der Waals surface area contributed by atoms with Crippen molar-refractivity contribution in [1.29, 1.82) is 0 Å². The lowest BCUT2D eigenvalue weighted by Gasteiger charge is -2.31. The molecule has 2 aromatic rings. The minimum Gasteiger partial charge on any atom is -0.497 e. The number of carbonyl (C=O) groups is 2. The van der Waals surface area contributed by atoms with Crippen molar-refractivity contribution in [3.63, 3.8) is 0 Å². The van der Waals surface area contributed by atoms with E-state index in [0.29, 0.717) is 36.4 Å². The summed E-state index contributed by atoms with van der Waals surface area (Å²) in [5, 5.41) is 2.79. The molecule has 0 aromatic heterocycles. The standard InChI is InChI=1S/C22H26N2O6S/c1-3-30-22(26)16-6-4-8-18(14-16)23-21(25)17-7-5-13-24(15-17)31(27,28)20-11-9-19(29-2)10-12-20/h4,6,8-12,14,17H,3,5,7,13,15H2,1-2H3,(H,23,25). The molecule has 1 aliphatic rings. The van der Waals surface area contributed by atoms with E-state index < -0.39 is 21.9 Å². The van der Waals surface area contributed by atoms with Crippen molar-refractivity contribution < 1.29 is 27.5 Å². The summed E-state index contributed by atoms with van der Waals surface area (Å²) < 4.78 is 37.4. The molecule has 1 aliphatic heterocycles. The van der Waals surface area contributed by atoms with Gasteiger partial charge in [-0.3, -0.25) is 4.79 Å². The molecule has 2 aromatic carbocycles. The van der Waals surface area contributed by atoms with Crippen molar-refractivity contribution >= 4 is 27.6 Å². The van der Waals surface area contributed by atoms with Gasteiger partial charge in [-0.25, -0.2) is 13.2 Å². The topological polar surface area (TPSA) is 102 Å². The average Bonchev–Trinajstić information content (AvgIpc) is 2.79. The third-order valence-corrected chi connectivity index (χ3v) is 6.97. The second kappa shape index (κ2) is 9.93. The highest BCUT2D eigenvalue weighted by Gasteiger charge is 2.33. The van der Waals surface area contributed by atoms with Gasteiger partial charge in [0.2, 0.25) is 15.9 Å². The maximum atomic E-state index is 13.0. The Morgan fingerprint density at radius 3 is 2.58 bits per heavy atom. The van der Waals surface area contributed by atoms with Crippen LogP contribution in [0, 0.1) is 5.92 Å². The molecule has 0 spiro atoms. The number of carbonyl (C=O) groups excluding carboxylic acids is 2. The number of sulfonamides is 1. The van der Waals surface area contributed by atoms with Crippen molar-refractivity contribution in [2.75, 3.05) is 32.1 Å². The van der Waals surface area contributed by atoms with Crippen LogP contribution in [0.1, 0.15) is 30.1 Å². The van der Waals surface area contributed by atoms with E-state index in [-0.39, 0.29) is 24.0 Å². The fourth-order valence-electron chi connectivity index (χ4n) is 3.45. The lowest BCUT2D eigenvalue weighted by atomic mass is 9.98. The van der Waals surface area contributed by atoms with Crippen LogP contribution < -0.4 is 10.1 Å². The average molecular weight is 447 g/mol. The number of rotatable bonds is 7. The number of anilines is 1. The highest BCUT2D eigenvalue weighted by atomic mass is 32.2. The Bertz CT molecular complexity index is 1040. The van der Waals surface area contributed by atoms with E-state index in [1.54, 1.807) is 43.3 Å². The first kappa shape index (κ1) is 22.8. The Morgan fingerprint density at radius 1 is 1.16 bits per heavy atom. The minimum atomic E-state index is -3.71. The maximum absolute atomic E-state index is 13.0. The third kappa shape index (κ3) is 5.42. The molecule has 31 heavy (non-hydrogen) atoms. The van der Waals surface area contributed by atoms with Crippen molar-refractivity contribution in [3.8, 4) is 5.75 Å². The number of piperidine rings is 1. The number of benzene rings is 2. The maximum Gasteiger partial charge on any atom is 0.338 e. The van der Waals surface area contributed by atoms with Crippen LogP contribution >= 0.6 is 0 Å². The summed E-state index contributed by atoms with van der Waals surface area (Å²) >= 11 is 0. The smallest absolute Gasteiger partial charge is 0.338 e. The van der Waals surface area contributed by atoms with Gasteiger partial charge in [-0.05, 0) is 62.2 Å². The summed E-state index contributed by atoms with van der Waals surface area (Å²) in [6, 6.07) is 12.7. The molecule has 1 fully saturated rings.